The average molecular weight is 205 g/mol. The predicted molar refractivity (Wildman–Crippen MR) is 49.4 cm³/mol. The third-order valence-electron chi connectivity index (χ3n) is 2.69. The maximum absolute atomic E-state index is 11.3. The lowest BCUT2D eigenvalue weighted by molar-refractivity contribution is -0.0159. The first-order valence-electron chi connectivity index (χ1n) is 4.55. The minimum atomic E-state index is -2.79. The van der Waals surface area contributed by atoms with Crippen molar-refractivity contribution >= 4 is 9.84 Å². The SMILES string of the molecule is CC1(NC2COC2)CCS(=O)(=O)C1. The van der Waals surface area contributed by atoms with Crippen LogP contribution in [0.3, 0.4) is 0 Å². The van der Waals surface area contributed by atoms with Crippen LogP contribution in [0.25, 0.3) is 0 Å². The molecule has 2 aliphatic heterocycles. The smallest absolute Gasteiger partial charge is 0.152 e. The van der Waals surface area contributed by atoms with E-state index >= 15 is 0 Å². The van der Waals surface area contributed by atoms with Gasteiger partial charge < -0.3 is 10.1 Å². The molecule has 1 unspecified atom stereocenters. The predicted octanol–water partition coefficient (Wildman–Crippen LogP) is -0.448. The third kappa shape index (κ3) is 2.03. The molecule has 13 heavy (non-hydrogen) atoms. The molecule has 0 aromatic carbocycles. The summed E-state index contributed by atoms with van der Waals surface area (Å²) < 4.78 is 27.6. The van der Waals surface area contributed by atoms with Gasteiger partial charge in [0.05, 0.1) is 30.8 Å². The van der Waals surface area contributed by atoms with Crippen molar-refractivity contribution in [3.63, 3.8) is 0 Å². The quantitative estimate of drug-likeness (QED) is 0.663. The maximum Gasteiger partial charge on any atom is 0.152 e. The first-order valence-corrected chi connectivity index (χ1v) is 6.37. The Kier molecular flexibility index (Phi) is 2.13. The number of rotatable bonds is 2. The summed E-state index contributed by atoms with van der Waals surface area (Å²) >= 11 is 0. The fourth-order valence-corrected chi connectivity index (χ4v) is 4.04. The van der Waals surface area contributed by atoms with Gasteiger partial charge in [0.15, 0.2) is 9.84 Å². The van der Waals surface area contributed by atoms with E-state index in [2.05, 4.69) is 5.32 Å². The molecular weight excluding hydrogens is 190 g/mol. The van der Waals surface area contributed by atoms with Gasteiger partial charge in [0.25, 0.3) is 0 Å². The molecule has 2 saturated heterocycles. The van der Waals surface area contributed by atoms with Crippen molar-refractivity contribution in [2.75, 3.05) is 24.7 Å². The van der Waals surface area contributed by atoms with Gasteiger partial charge in [-0.3, -0.25) is 0 Å². The first kappa shape index (κ1) is 9.43. The van der Waals surface area contributed by atoms with E-state index in [1.807, 2.05) is 6.92 Å². The van der Waals surface area contributed by atoms with Crippen LogP contribution in [0, 0.1) is 0 Å². The topological polar surface area (TPSA) is 55.4 Å². The Morgan fingerprint density at radius 2 is 2.15 bits per heavy atom. The summed E-state index contributed by atoms with van der Waals surface area (Å²) in [6.45, 7) is 3.42. The Morgan fingerprint density at radius 3 is 2.54 bits per heavy atom. The van der Waals surface area contributed by atoms with Gasteiger partial charge in [0.1, 0.15) is 0 Å². The second kappa shape index (κ2) is 2.93. The van der Waals surface area contributed by atoms with Crippen molar-refractivity contribution in [3.8, 4) is 0 Å². The third-order valence-corrected chi connectivity index (χ3v) is 4.60. The van der Waals surface area contributed by atoms with Crippen molar-refractivity contribution in [3.05, 3.63) is 0 Å². The minimum absolute atomic E-state index is 0.215. The Hall–Kier alpha value is -0.130. The molecule has 0 amide bonds. The van der Waals surface area contributed by atoms with Crippen molar-refractivity contribution in [2.45, 2.75) is 24.9 Å². The van der Waals surface area contributed by atoms with Crippen molar-refractivity contribution in [1.82, 2.24) is 5.32 Å². The lowest BCUT2D eigenvalue weighted by atomic mass is 10.00. The van der Waals surface area contributed by atoms with Crippen LogP contribution in [0.1, 0.15) is 13.3 Å². The molecule has 2 rings (SSSR count). The molecule has 0 aromatic heterocycles. The van der Waals surface area contributed by atoms with E-state index in [0.717, 1.165) is 19.6 Å². The molecule has 5 heteroatoms. The van der Waals surface area contributed by atoms with Crippen molar-refractivity contribution in [1.29, 1.82) is 0 Å². The summed E-state index contributed by atoms with van der Waals surface area (Å²) in [4.78, 5) is 0. The molecule has 0 aromatic rings. The number of hydrogen-bond donors (Lipinski definition) is 1. The monoisotopic (exact) mass is 205 g/mol. The number of ether oxygens (including phenoxy) is 1. The van der Waals surface area contributed by atoms with Crippen LogP contribution in [0.4, 0.5) is 0 Å². The molecule has 0 saturated carbocycles. The van der Waals surface area contributed by atoms with Gasteiger partial charge in [-0.2, -0.15) is 0 Å². The van der Waals surface area contributed by atoms with Gasteiger partial charge in [-0.1, -0.05) is 0 Å². The van der Waals surface area contributed by atoms with Crippen LogP contribution < -0.4 is 5.32 Å². The summed E-state index contributed by atoms with van der Waals surface area (Å²) in [5.74, 6) is 0.598. The van der Waals surface area contributed by atoms with Crippen molar-refractivity contribution in [2.24, 2.45) is 0 Å². The van der Waals surface area contributed by atoms with Gasteiger partial charge in [-0.25, -0.2) is 8.42 Å². The second-order valence-corrected chi connectivity index (χ2v) is 6.47. The van der Waals surface area contributed by atoms with Gasteiger partial charge in [0.2, 0.25) is 0 Å². The molecule has 1 atom stereocenters. The highest BCUT2D eigenvalue weighted by atomic mass is 32.2. The first-order chi connectivity index (χ1) is 5.99. The van der Waals surface area contributed by atoms with Crippen LogP contribution in [0.2, 0.25) is 0 Å². The largest absolute Gasteiger partial charge is 0.378 e. The van der Waals surface area contributed by atoms with E-state index in [0.29, 0.717) is 11.8 Å². The lowest BCUT2D eigenvalue weighted by Gasteiger charge is -2.35. The highest BCUT2D eigenvalue weighted by molar-refractivity contribution is 7.91. The molecule has 0 aliphatic carbocycles. The van der Waals surface area contributed by atoms with E-state index in [4.69, 9.17) is 4.74 Å². The molecule has 0 radical (unpaired) electrons. The Bertz CT molecular complexity index is 297. The van der Waals surface area contributed by atoms with Crippen LogP contribution >= 0.6 is 0 Å². The normalized spacial score (nSPS) is 38.8. The molecule has 4 nitrogen and oxygen atoms in total. The van der Waals surface area contributed by atoms with Gasteiger partial charge in [0, 0.05) is 5.54 Å². The Morgan fingerprint density at radius 1 is 1.46 bits per heavy atom. The molecule has 0 spiro atoms. The zero-order valence-corrected chi connectivity index (χ0v) is 8.56. The van der Waals surface area contributed by atoms with E-state index in [9.17, 15) is 8.42 Å². The molecule has 2 aliphatic rings. The van der Waals surface area contributed by atoms with E-state index in [-0.39, 0.29) is 11.3 Å². The molecule has 2 fully saturated rings. The molecule has 1 N–H and O–H groups in total. The van der Waals surface area contributed by atoms with Crippen LogP contribution in [-0.4, -0.2) is 44.7 Å². The second-order valence-electron chi connectivity index (χ2n) is 4.28. The standard InChI is InChI=1S/C8H15NO3S/c1-8(9-7-4-12-5-7)2-3-13(10,11)6-8/h7,9H,2-6H2,1H3. The summed E-state index contributed by atoms with van der Waals surface area (Å²) in [5.41, 5.74) is -0.215. The fraction of sp³-hybridized carbons (Fsp3) is 1.00. The molecular formula is C8H15NO3S. The van der Waals surface area contributed by atoms with Crippen LogP contribution in [0.15, 0.2) is 0 Å². The molecule has 76 valence electrons. The summed E-state index contributed by atoms with van der Waals surface area (Å²) in [6, 6.07) is 0.360. The summed E-state index contributed by atoms with van der Waals surface area (Å²) in [7, 11) is -2.79. The van der Waals surface area contributed by atoms with Crippen molar-refractivity contribution < 1.29 is 13.2 Å². The zero-order valence-electron chi connectivity index (χ0n) is 7.75. The van der Waals surface area contributed by atoms with E-state index in [1.54, 1.807) is 0 Å². The van der Waals surface area contributed by atoms with E-state index in [1.165, 1.54) is 0 Å². The Balaban J connectivity index is 1.97. The summed E-state index contributed by atoms with van der Waals surface area (Å²) in [6.07, 6.45) is 0.728. The van der Waals surface area contributed by atoms with Gasteiger partial charge >= 0.3 is 0 Å². The fourth-order valence-electron chi connectivity index (χ4n) is 1.94. The molecule has 0 bridgehead atoms. The zero-order chi connectivity index (χ0) is 9.53. The Labute approximate surface area is 78.6 Å². The van der Waals surface area contributed by atoms with Gasteiger partial charge in [-0.15, -0.1) is 0 Å². The highest BCUT2D eigenvalue weighted by Crippen LogP contribution is 2.24. The molecule has 2 heterocycles. The minimum Gasteiger partial charge on any atom is -0.378 e. The number of sulfone groups is 1. The number of nitrogens with one attached hydrogen (secondary N) is 1. The lowest BCUT2D eigenvalue weighted by Crippen LogP contribution is -2.56. The van der Waals surface area contributed by atoms with Gasteiger partial charge in [-0.05, 0) is 13.3 Å². The average Bonchev–Trinajstić information content (AvgIpc) is 2.19. The number of hydrogen-bond acceptors (Lipinski definition) is 4. The highest BCUT2D eigenvalue weighted by Gasteiger charge is 2.40. The summed E-state index contributed by atoms with van der Waals surface area (Å²) in [5, 5.41) is 3.34. The van der Waals surface area contributed by atoms with Crippen LogP contribution in [0.5, 0.6) is 0 Å². The maximum atomic E-state index is 11.3. The van der Waals surface area contributed by atoms with Crippen LogP contribution in [-0.2, 0) is 14.6 Å². The van der Waals surface area contributed by atoms with E-state index < -0.39 is 9.84 Å².